The number of primary amides is 1. The summed E-state index contributed by atoms with van der Waals surface area (Å²) in [5, 5.41) is 27.6. The number of anilines is 4. The first-order valence-corrected chi connectivity index (χ1v) is 27.7. The van der Waals surface area contributed by atoms with Gasteiger partial charge in [0.1, 0.15) is 34.7 Å². The average molecular weight is 1030 g/mol. The van der Waals surface area contributed by atoms with Crippen LogP contribution in [0.25, 0.3) is 11.0 Å². The zero-order valence-corrected chi connectivity index (χ0v) is 42.9. The van der Waals surface area contributed by atoms with Crippen molar-refractivity contribution in [2.75, 3.05) is 74.2 Å². The lowest BCUT2D eigenvalue weighted by Gasteiger charge is -2.56. The molecule has 4 saturated heterocycles. The highest BCUT2D eigenvalue weighted by molar-refractivity contribution is 7.91. The van der Waals surface area contributed by atoms with Gasteiger partial charge in [0.15, 0.2) is 11.4 Å². The third kappa shape index (κ3) is 8.65. The molecule has 4 atom stereocenters. The summed E-state index contributed by atoms with van der Waals surface area (Å²) in [5.74, 6) is 0.342. The van der Waals surface area contributed by atoms with E-state index in [1.54, 1.807) is 23.2 Å². The van der Waals surface area contributed by atoms with Crippen LogP contribution in [-0.2, 0) is 14.6 Å². The van der Waals surface area contributed by atoms with Crippen LogP contribution in [0.15, 0.2) is 76.7 Å². The van der Waals surface area contributed by atoms with Gasteiger partial charge in [-0.2, -0.15) is 4.98 Å². The number of aromatic nitrogens is 2. The highest BCUT2D eigenvalue weighted by Gasteiger charge is 2.52. The van der Waals surface area contributed by atoms with Crippen molar-refractivity contribution in [3.8, 4) is 17.4 Å². The molecule has 2 aromatic heterocycles. The highest BCUT2D eigenvalue weighted by atomic mass is 32.2. The highest BCUT2D eigenvalue weighted by Crippen LogP contribution is 2.56. The van der Waals surface area contributed by atoms with E-state index in [4.69, 9.17) is 29.7 Å². The summed E-state index contributed by atoms with van der Waals surface area (Å²) in [7, 11) is -4.80. The molecule has 19 nitrogen and oxygen atoms in total. The summed E-state index contributed by atoms with van der Waals surface area (Å²) >= 11 is 0. The van der Waals surface area contributed by atoms with Crippen LogP contribution in [0.5, 0.6) is 17.4 Å². The number of fused-ring (bicyclic) bond motifs is 4. The number of ether oxygens (including phenoxy) is 4. The number of carbonyl (C=O) groups excluding carboxylic acids is 1. The number of carbonyl (C=O) groups is 1. The SMILES string of the molecule is CC(C)Oc1ccccc1[C@@H]1CCCN1C1CC2(CCN(c3ccc(C(N)=O)c(N4c5cc6cc[nH]c6nc5O[C@@H]5COC[C@H]54)c3S(=O)(=O)c3cc4c(c([N+](=O)[O-])c3)N[C@H](CN3CCC(C)(O)CC3)CO4)CC2)C1. The fourth-order valence-corrected chi connectivity index (χ4v) is 14.7. The van der Waals surface area contributed by atoms with Crippen LogP contribution in [0.1, 0.15) is 94.1 Å². The normalized spacial score (nSPS) is 24.7. The van der Waals surface area contributed by atoms with E-state index in [0.717, 1.165) is 62.3 Å². The first kappa shape index (κ1) is 48.7. The number of para-hydroxylation sites is 1. The van der Waals surface area contributed by atoms with Crippen molar-refractivity contribution < 1.29 is 42.2 Å². The molecule has 392 valence electrons. The number of aliphatic hydroxyl groups is 1. The van der Waals surface area contributed by atoms with Crippen molar-refractivity contribution in [1.29, 1.82) is 0 Å². The van der Waals surface area contributed by atoms with Crippen LogP contribution in [-0.4, -0.2) is 139 Å². The molecule has 5 aromatic rings. The molecule has 0 radical (unpaired) electrons. The third-order valence-corrected chi connectivity index (χ3v) is 18.7. The van der Waals surface area contributed by atoms with Gasteiger partial charge in [-0.05, 0) is 114 Å². The monoisotopic (exact) mass is 1030 g/mol. The summed E-state index contributed by atoms with van der Waals surface area (Å²) in [6, 6.07) is 17.6. The van der Waals surface area contributed by atoms with Crippen molar-refractivity contribution in [3.05, 3.63) is 88.1 Å². The maximum absolute atomic E-state index is 16.1. The molecule has 20 heteroatoms. The van der Waals surface area contributed by atoms with Crippen LogP contribution in [0.2, 0.25) is 0 Å². The number of hydrogen-bond acceptors (Lipinski definition) is 16. The van der Waals surface area contributed by atoms with E-state index in [0.29, 0.717) is 68.6 Å². The minimum atomic E-state index is -4.80. The molecule has 1 saturated carbocycles. The predicted octanol–water partition coefficient (Wildman–Crippen LogP) is 7.09. The topological polar surface area (TPSA) is 231 Å². The van der Waals surface area contributed by atoms with Gasteiger partial charge in [-0.3, -0.25) is 19.8 Å². The van der Waals surface area contributed by atoms with E-state index in [2.05, 4.69) is 57.0 Å². The van der Waals surface area contributed by atoms with E-state index in [-0.39, 0.29) is 81.8 Å². The average Bonchev–Trinajstić information content (AvgIpc) is 4.17. The van der Waals surface area contributed by atoms with E-state index in [1.807, 2.05) is 25.1 Å². The molecule has 5 N–H and O–H groups in total. The van der Waals surface area contributed by atoms with Crippen LogP contribution in [0.4, 0.5) is 28.4 Å². The van der Waals surface area contributed by atoms with E-state index in [1.165, 1.54) is 11.6 Å². The van der Waals surface area contributed by atoms with Gasteiger partial charge in [0.05, 0.1) is 63.8 Å². The number of nitrogens with two attached hydrogens (primary N) is 1. The third-order valence-electron chi connectivity index (χ3n) is 16.9. The molecule has 74 heavy (non-hydrogen) atoms. The Morgan fingerprint density at radius 1 is 1.00 bits per heavy atom. The summed E-state index contributed by atoms with van der Waals surface area (Å²) in [6.07, 6.45) is 8.31. The molecule has 0 bridgehead atoms. The molecule has 8 heterocycles. The van der Waals surface area contributed by atoms with Gasteiger partial charge in [0.2, 0.25) is 15.7 Å². The van der Waals surface area contributed by atoms with E-state index >= 15 is 8.42 Å². The summed E-state index contributed by atoms with van der Waals surface area (Å²) in [5.41, 5.74) is 7.79. The van der Waals surface area contributed by atoms with Crippen molar-refractivity contribution in [2.45, 2.75) is 124 Å². The molecule has 6 aliphatic heterocycles. The molecule has 1 aliphatic carbocycles. The summed E-state index contributed by atoms with van der Waals surface area (Å²) in [4.78, 5) is 42.5. The standard InChI is InChI=1S/C54H65N9O10S/c1-32(2)72-44-9-5-4-7-37(44)39-8-6-18-61(39)35-26-54(27-35)15-21-60(22-16-54)40-11-10-38(50(55)64)48(62-42-23-33-12-17-56-51(33)58-52(42)73-46-31-70-30-43(46)62)49(40)74(68,69)36-24-41(63(66)67)47-45(25-36)71-29-34(57-47)28-59-19-13-53(3,65)14-20-59/h4-5,7,9-12,17,23-25,32,34-35,39,43,46,57,65H,6,8,13-16,18-22,26-31H2,1-3H3,(H2,55,64)(H,56,58)/t34-,39+,43-,46-/m1/s1. The number of nitrogens with one attached hydrogen (secondary N) is 2. The second-order valence-electron chi connectivity index (χ2n) is 22.2. The van der Waals surface area contributed by atoms with Crippen LogP contribution < -0.4 is 35.1 Å². The second-order valence-corrected chi connectivity index (χ2v) is 24.1. The minimum absolute atomic E-state index is 0.0282. The summed E-state index contributed by atoms with van der Waals surface area (Å²) < 4.78 is 57.3. The number of hydrogen-bond donors (Lipinski definition) is 4. The molecule has 7 aliphatic rings. The minimum Gasteiger partial charge on any atom is -0.491 e. The molecule has 1 amide bonds. The zero-order valence-electron chi connectivity index (χ0n) is 42.1. The molecular formula is C54H65N9O10S. The van der Waals surface area contributed by atoms with Gasteiger partial charge in [-0.15, -0.1) is 0 Å². The lowest BCUT2D eigenvalue weighted by molar-refractivity contribution is -0.384. The van der Waals surface area contributed by atoms with Crippen molar-refractivity contribution in [2.24, 2.45) is 11.1 Å². The van der Waals surface area contributed by atoms with Crippen molar-refractivity contribution in [1.82, 2.24) is 19.8 Å². The zero-order chi connectivity index (χ0) is 51.3. The smallest absolute Gasteiger partial charge is 0.297 e. The number of nitrogens with zero attached hydrogens (tertiary/aromatic N) is 6. The van der Waals surface area contributed by atoms with Crippen LogP contribution >= 0.6 is 0 Å². The van der Waals surface area contributed by atoms with Gasteiger partial charge in [-0.1, -0.05) is 18.2 Å². The molecule has 12 rings (SSSR count). The number of nitro groups is 1. The molecule has 3 aromatic carbocycles. The Kier molecular flexibility index (Phi) is 12.2. The number of pyridine rings is 1. The fraction of sp³-hybridized carbons (Fsp3) is 0.519. The molecule has 0 unspecified atom stereocenters. The van der Waals surface area contributed by atoms with Gasteiger partial charge >= 0.3 is 0 Å². The molecule has 5 fully saturated rings. The van der Waals surface area contributed by atoms with Gasteiger partial charge in [-0.25, -0.2) is 8.42 Å². The maximum atomic E-state index is 16.1. The Balaban J connectivity index is 0.915. The van der Waals surface area contributed by atoms with Crippen molar-refractivity contribution >= 4 is 55.2 Å². The number of H-pyrrole nitrogens is 1. The number of sulfone groups is 1. The second kappa shape index (κ2) is 18.6. The number of nitro benzene ring substituents is 1. The predicted molar refractivity (Wildman–Crippen MR) is 278 cm³/mol. The number of piperidine rings is 2. The van der Waals surface area contributed by atoms with E-state index < -0.39 is 44.1 Å². The van der Waals surface area contributed by atoms with Crippen LogP contribution in [0.3, 0.4) is 0 Å². The first-order chi connectivity index (χ1) is 35.5. The van der Waals surface area contributed by atoms with Crippen molar-refractivity contribution in [3.63, 3.8) is 0 Å². The van der Waals surface area contributed by atoms with Gasteiger partial charge in [0, 0.05) is 74.1 Å². The maximum Gasteiger partial charge on any atom is 0.297 e. The van der Waals surface area contributed by atoms with Gasteiger partial charge < -0.3 is 54.8 Å². The molecule has 1 spiro atoms. The largest absolute Gasteiger partial charge is 0.491 e. The number of aromatic amines is 1. The Bertz CT molecular complexity index is 3120. The molecular weight excluding hydrogens is 967 g/mol. The Morgan fingerprint density at radius 2 is 1.78 bits per heavy atom. The fourth-order valence-electron chi connectivity index (χ4n) is 13.0. The number of rotatable bonds is 12. The number of likely N-dealkylation sites (tertiary alicyclic amines) is 2. The quantitative estimate of drug-likeness (QED) is 0.0722. The Morgan fingerprint density at radius 3 is 2.54 bits per heavy atom. The lowest BCUT2D eigenvalue weighted by atomic mass is 9.60. The lowest BCUT2D eigenvalue weighted by Crippen LogP contribution is -2.55. The van der Waals surface area contributed by atoms with Gasteiger partial charge in [0.25, 0.3) is 11.6 Å². The van der Waals surface area contributed by atoms with Crippen LogP contribution in [0, 0.1) is 15.5 Å². The number of benzene rings is 3. The summed E-state index contributed by atoms with van der Waals surface area (Å²) in [6.45, 7) is 10.3. The van der Waals surface area contributed by atoms with E-state index in [9.17, 15) is 20.0 Å². The number of amides is 1. The Hall–Kier alpha value is -6.19. The Labute approximate surface area is 430 Å². The first-order valence-electron chi connectivity index (χ1n) is 26.2.